The highest BCUT2D eigenvalue weighted by molar-refractivity contribution is 5.79. The van der Waals surface area contributed by atoms with E-state index in [0.717, 1.165) is 17.5 Å². The van der Waals surface area contributed by atoms with E-state index < -0.39 is 0 Å². The van der Waals surface area contributed by atoms with Gasteiger partial charge in [0.25, 0.3) is 0 Å². The summed E-state index contributed by atoms with van der Waals surface area (Å²) in [5, 5.41) is 3.92. The molecule has 0 amide bonds. The molecule has 0 aliphatic heterocycles. The van der Waals surface area contributed by atoms with E-state index in [1.165, 1.54) is 16.7 Å². The topological polar surface area (TPSA) is 21.6 Å². The van der Waals surface area contributed by atoms with Crippen LogP contribution in [0.4, 0.5) is 0 Å². The van der Waals surface area contributed by atoms with Crippen LogP contribution in [0.5, 0.6) is 0 Å². The van der Waals surface area contributed by atoms with Crippen LogP contribution in [0.3, 0.4) is 0 Å². The number of hydrogen-bond donors (Lipinski definition) is 0. The third-order valence-corrected chi connectivity index (χ3v) is 3.89. The van der Waals surface area contributed by atoms with Gasteiger partial charge in [-0.05, 0) is 28.7 Å². The summed E-state index contributed by atoms with van der Waals surface area (Å²) >= 11 is 0. The van der Waals surface area contributed by atoms with Crippen molar-refractivity contribution >= 4 is 6.21 Å². The first kappa shape index (κ1) is 16.0. The van der Waals surface area contributed by atoms with E-state index in [1.54, 1.807) is 0 Å². The van der Waals surface area contributed by atoms with Gasteiger partial charge in [-0.2, -0.15) is 0 Å². The third kappa shape index (κ3) is 4.32. The smallest absolute Gasteiger partial charge is 0.142 e. The molecule has 0 heterocycles. The van der Waals surface area contributed by atoms with Crippen molar-refractivity contribution in [3.8, 4) is 11.1 Å². The average Bonchev–Trinajstić information content (AvgIpc) is 2.67. The Morgan fingerprint density at radius 1 is 0.750 bits per heavy atom. The fourth-order valence-electron chi connectivity index (χ4n) is 2.43. The molecule has 0 saturated heterocycles. The first-order valence-electron chi connectivity index (χ1n) is 8.16. The molecule has 119 valence electrons. The highest BCUT2D eigenvalue weighted by Gasteiger charge is 1.98. The normalized spacial score (nSPS) is 10.9. The molecule has 3 rings (SSSR count). The minimum Gasteiger partial charge on any atom is -0.390 e. The minimum absolute atomic E-state index is 0.440. The number of nitrogens with zero attached hydrogens (tertiary/aromatic N) is 1. The summed E-state index contributed by atoms with van der Waals surface area (Å²) in [6.07, 6.45) is 3.94. The van der Waals surface area contributed by atoms with Gasteiger partial charge in [0.05, 0.1) is 0 Å². The summed E-state index contributed by atoms with van der Waals surface area (Å²) in [6, 6.07) is 26.8. The van der Waals surface area contributed by atoms with E-state index in [9.17, 15) is 0 Å². The lowest BCUT2D eigenvalue weighted by Gasteiger charge is -2.03. The second kappa shape index (κ2) is 8.11. The second-order valence-electron chi connectivity index (χ2n) is 5.59. The number of rotatable bonds is 6. The molecule has 0 fully saturated rings. The van der Waals surface area contributed by atoms with Gasteiger partial charge in [0, 0.05) is 5.56 Å². The molecule has 0 spiro atoms. The van der Waals surface area contributed by atoms with Gasteiger partial charge in [0.15, 0.2) is 0 Å². The van der Waals surface area contributed by atoms with Gasteiger partial charge in [-0.25, -0.2) is 0 Å². The molecular formula is C22H20NO. The van der Waals surface area contributed by atoms with Crippen LogP contribution in [0.15, 0.2) is 84.0 Å². The van der Waals surface area contributed by atoms with E-state index in [4.69, 9.17) is 4.84 Å². The fraction of sp³-hybridized carbons (Fsp3) is 0.136. The Labute approximate surface area is 143 Å². The number of hydrogen-bond acceptors (Lipinski definition) is 2. The third-order valence-electron chi connectivity index (χ3n) is 3.89. The van der Waals surface area contributed by atoms with Gasteiger partial charge in [0.1, 0.15) is 12.8 Å². The molecule has 0 bridgehead atoms. The predicted molar refractivity (Wildman–Crippen MR) is 99.0 cm³/mol. The lowest BCUT2D eigenvalue weighted by molar-refractivity contribution is 0.132. The van der Waals surface area contributed by atoms with Gasteiger partial charge in [-0.3, -0.25) is 0 Å². The van der Waals surface area contributed by atoms with Gasteiger partial charge in [-0.1, -0.05) is 90.9 Å². The lowest BCUT2D eigenvalue weighted by atomic mass is 10.0. The Morgan fingerprint density at radius 2 is 1.38 bits per heavy atom. The van der Waals surface area contributed by atoms with Gasteiger partial charge >= 0.3 is 0 Å². The monoisotopic (exact) mass is 314 g/mol. The zero-order chi connectivity index (χ0) is 16.6. The van der Waals surface area contributed by atoms with Crippen molar-refractivity contribution in [1.29, 1.82) is 0 Å². The van der Waals surface area contributed by atoms with E-state index >= 15 is 0 Å². The molecule has 2 heteroatoms. The van der Waals surface area contributed by atoms with Crippen LogP contribution in [0.1, 0.15) is 23.6 Å². The Bertz CT molecular complexity index is 774. The maximum Gasteiger partial charge on any atom is 0.142 e. The first-order valence-corrected chi connectivity index (χ1v) is 8.16. The molecule has 2 nitrogen and oxygen atoms in total. The second-order valence-corrected chi connectivity index (χ2v) is 5.59. The number of benzene rings is 3. The average molecular weight is 314 g/mol. The molecule has 0 unspecified atom stereocenters. The van der Waals surface area contributed by atoms with Crippen LogP contribution in [0.25, 0.3) is 11.1 Å². The molecule has 0 N–H and O–H groups in total. The first-order chi connectivity index (χ1) is 11.8. The predicted octanol–water partition coefficient (Wildman–Crippen LogP) is 5.34. The standard InChI is InChI=1S/C22H20NO/c1-2-18-8-10-19(11-9-18)16-23-24-17-20-12-14-22(15-13-20)21-6-4-3-5-7-21/h3-15H,2,17H2,1H3. The van der Waals surface area contributed by atoms with Gasteiger partial charge in [-0.15, -0.1) is 0 Å². The largest absolute Gasteiger partial charge is 0.390 e. The molecule has 24 heavy (non-hydrogen) atoms. The van der Waals surface area contributed by atoms with Crippen molar-refractivity contribution in [2.75, 3.05) is 0 Å². The molecule has 0 atom stereocenters. The highest BCUT2D eigenvalue weighted by Crippen LogP contribution is 2.19. The summed E-state index contributed by atoms with van der Waals surface area (Å²) in [4.78, 5) is 5.34. The molecule has 1 radical (unpaired) electrons. The maximum atomic E-state index is 5.34. The van der Waals surface area contributed by atoms with Crippen LogP contribution in [0, 0.1) is 0 Å². The number of aryl methyl sites for hydroxylation is 1. The van der Waals surface area contributed by atoms with Crippen LogP contribution >= 0.6 is 0 Å². The van der Waals surface area contributed by atoms with Crippen molar-refractivity contribution in [1.82, 2.24) is 0 Å². The van der Waals surface area contributed by atoms with E-state index in [-0.39, 0.29) is 0 Å². The molecule has 0 aliphatic rings. The van der Waals surface area contributed by atoms with E-state index in [2.05, 4.69) is 66.8 Å². The van der Waals surface area contributed by atoms with Crippen molar-refractivity contribution in [3.05, 3.63) is 95.6 Å². The van der Waals surface area contributed by atoms with Crippen LogP contribution in [-0.2, 0) is 17.9 Å². The fourth-order valence-corrected chi connectivity index (χ4v) is 2.43. The molecule has 0 aromatic heterocycles. The molecule has 0 aliphatic carbocycles. The zero-order valence-corrected chi connectivity index (χ0v) is 13.8. The molecule has 3 aromatic carbocycles. The van der Waals surface area contributed by atoms with E-state index in [1.807, 2.05) is 30.3 Å². The SMILES string of the molecule is CCc1ccc(/[C]=N\OCc2ccc(-c3ccccc3)cc2)cc1. The lowest BCUT2D eigenvalue weighted by Crippen LogP contribution is -1.89. The summed E-state index contributed by atoms with van der Waals surface area (Å²) in [5.74, 6) is 0. The van der Waals surface area contributed by atoms with Crippen molar-refractivity contribution in [2.24, 2.45) is 5.16 Å². The molecule has 0 saturated carbocycles. The zero-order valence-electron chi connectivity index (χ0n) is 13.8. The quantitative estimate of drug-likeness (QED) is 0.444. The van der Waals surface area contributed by atoms with Crippen LogP contribution in [0.2, 0.25) is 0 Å². The van der Waals surface area contributed by atoms with Crippen LogP contribution < -0.4 is 0 Å². The Kier molecular flexibility index (Phi) is 5.41. The minimum atomic E-state index is 0.440. The Balaban J connectivity index is 1.54. The molecule has 3 aromatic rings. The van der Waals surface area contributed by atoms with Gasteiger partial charge < -0.3 is 4.84 Å². The summed E-state index contributed by atoms with van der Waals surface area (Å²) in [5.41, 5.74) is 5.73. The van der Waals surface area contributed by atoms with Crippen molar-refractivity contribution in [2.45, 2.75) is 20.0 Å². The summed E-state index contributed by atoms with van der Waals surface area (Å²) in [6.45, 7) is 2.58. The van der Waals surface area contributed by atoms with Crippen LogP contribution in [-0.4, -0.2) is 6.21 Å². The highest BCUT2D eigenvalue weighted by atomic mass is 16.6. The maximum absolute atomic E-state index is 5.34. The molecular weight excluding hydrogens is 294 g/mol. The van der Waals surface area contributed by atoms with Crippen molar-refractivity contribution < 1.29 is 4.84 Å². The Hall–Kier alpha value is -2.87. The van der Waals surface area contributed by atoms with E-state index in [0.29, 0.717) is 6.61 Å². The van der Waals surface area contributed by atoms with Crippen molar-refractivity contribution in [3.63, 3.8) is 0 Å². The summed E-state index contributed by atoms with van der Waals surface area (Å²) in [7, 11) is 0. The Morgan fingerprint density at radius 3 is 2.04 bits per heavy atom. The summed E-state index contributed by atoms with van der Waals surface area (Å²) < 4.78 is 0. The van der Waals surface area contributed by atoms with Gasteiger partial charge in [0.2, 0.25) is 0 Å².